The van der Waals surface area contributed by atoms with Gasteiger partial charge >= 0.3 is 0 Å². The zero-order valence-corrected chi connectivity index (χ0v) is 13.8. The summed E-state index contributed by atoms with van der Waals surface area (Å²) in [5.41, 5.74) is 2.41. The van der Waals surface area contributed by atoms with E-state index >= 15 is 0 Å². The minimum atomic E-state index is -0.363. The van der Waals surface area contributed by atoms with Crippen LogP contribution in [0.2, 0.25) is 5.02 Å². The predicted molar refractivity (Wildman–Crippen MR) is 88.2 cm³/mol. The highest BCUT2D eigenvalue weighted by atomic mass is 79.9. The molecule has 1 fully saturated rings. The van der Waals surface area contributed by atoms with E-state index < -0.39 is 0 Å². The molecular formula is C17H16BrClFN. The molecule has 110 valence electrons. The van der Waals surface area contributed by atoms with Crippen LogP contribution in [0.5, 0.6) is 0 Å². The van der Waals surface area contributed by atoms with Gasteiger partial charge in [-0.2, -0.15) is 0 Å². The Morgan fingerprint density at radius 1 is 1.19 bits per heavy atom. The maximum Gasteiger partial charge on any atom is 0.141 e. The van der Waals surface area contributed by atoms with Crippen LogP contribution >= 0.6 is 27.5 Å². The van der Waals surface area contributed by atoms with Crippen molar-refractivity contribution in [1.82, 2.24) is 5.32 Å². The summed E-state index contributed by atoms with van der Waals surface area (Å²) in [5.74, 6) is 0.257. The summed E-state index contributed by atoms with van der Waals surface area (Å²) in [4.78, 5) is 0. The van der Waals surface area contributed by atoms with Crippen LogP contribution in [0.4, 0.5) is 4.39 Å². The Kier molecular flexibility index (Phi) is 4.63. The molecule has 21 heavy (non-hydrogen) atoms. The Balaban J connectivity index is 1.51. The Hall–Kier alpha value is -0.900. The molecule has 0 atom stereocenters. The van der Waals surface area contributed by atoms with Gasteiger partial charge in [-0.1, -0.05) is 51.8 Å². The second-order valence-corrected chi connectivity index (χ2v) is 6.78. The third-order valence-corrected chi connectivity index (χ3v) is 5.07. The smallest absolute Gasteiger partial charge is 0.141 e. The van der Waals surface area contributed by atoms with E-state index in [0.717, 1.165) is 24.9 Å². The fourth-order valence-electron chi connectivity index (χ4n) is 2.76. The molecular weight excluding hydrogens is 353 g/mol. The molecule has 1 nitrogen and oxygen atoms in total. The molecule has 1 aliphatic carbocycles. The highest BCUT2D eigenvalue weighted by Crippen LogP contribution is 2.40. The van der Waals surface area contributed by atoms with Crippen molar-refractivity contribution < 1.29 is 4.39 Å². The monoisotopic (exact) mass is 367 g/mol. The summed E-state index contributed by atoms with van der Waals surface area (Å²) < 4.78 is 14.3. The van der Waals surface area contributed by atoms with Crippen molar-refractivity contribution in [1.29, 1.82) is 0 Å². The molecule has 0 radical (unpaired) electrons. The number of benzene rings is 2. The Morgan fingerprint density at radius 3 is 2.67 bits per heavy atom. The molecule has 0 spiro atoms. The first-order chi connectivity index (χ1) is 10.1. The van der Waals surface area contributed by atoms with Crippen molar-refractivity contribution in [2.24, 2.45) is 0 Å². The lowest BCUT2D eigenvalue weighted by atomic mass is 9.76. The molecule has 2 aromatic rings. The average Bonchev–Trinajstić information content (AvgIpc) is 2.43. The molecule has 1 saturated carbocycles. The predicted octanol–water partition coefficient (Wildman–Crippen LogP) is 5.28. The molecule has 2 aromatic carbocycles. The van der Waals surface area contributed by atoms with Gasteiger partial charge in [-0.15, -0.1) is 0 Å². The second kappa shape index (κ2) is 6.47. The van der Waals surface area contributed by atoms with Crippen molar-refractivity contribution >= 4 is 27.5 Å². The first-order valence-electron chi connectivity index (χ1n) is 7.05. The molecule has 0 aromatic heterocycles. The van der Waals surface area contributed by atoms with Gasteiger partial charge in [0, 0.05) is 17.1 Å². The molecule has 0 saturated heterocycles. The highest BCUT2D eigenvalue weighted by Gasteiger charge is 2.30. The van der Waals surface area contributed by atoms with Gasteiger partial charge < -0.3 is 5.32 Å². The van der Waals surface area contributed by atoms with Crippen LogP contribution in [-0.4, -0.2) is 6.04 Å². The third kappa shape index (κ3) is 3.47. The quantitative estimate of drug-likeness (QED) is 0.774. The zero-order chi connectivity index (χ0) is 14.8. The first kappa shape index (κ1) is 15.0. The van der Waals surface area contributed by atoms with Crippen molar-refractivity contribution in [3.8, 4) is 0 Å². The van der Waals surface area contributed by atoms with Crippen LogP contribution in [0.3, 0.4) is 0 Å². The standard InChI is InChI=1S/C17H16BrClFN/c18-15-4-2-1-3-14(15)12-8-13(9-12)21-10-11-5-6-17(20)16(19)7-11/h1-7,12-13,21H,8-10H2. The molecule has 0 bridgehead atoms. The summed E-state index contributed by atoms with van der Waals surface area (Å²) in [6.07, 6.45) is 2.27. The molecule has 1 N–H and O–H groups in total. The molecule has 1 aliphatic rings. The van der Waals surface area contributed by atoms with E-state index in [4.69, 9.17) is 11.6 Å². The van der Waals surface area contributed by atoms with E-state index in [0.29, 0.717) is 12.0 Å². The number of rotatable bonds is 4. The topological polar surface area (TPSA) is 12.0 Å². The third-order valence-electron chi connectivity index (χ3n) is 4.06. The molecule has 0 aliphatic heterocycles. The van der Waals surface area contributed by atoms with Gasteiger partial charge in [0.15, 0.2) is 0 Å². The van der Waals surface area contributed by atoms with E-state index in [2.05, 4.69) is 39.4 Å². The van der Waals surface area contributed by atoms with Crippen LogP contribution < -0.4 is 5.32 Å². The van der Waals surface area contributed by atoms with Crippen molar-refractivity contribution in [3.05, 3.63) is 68.9 Å². The Morgan fingerprint density at radius 2 is 1.95 bits per heavy atom. The number of hydrogen-bond donors (Lipinski definition) is 1. The minimum absolute atomic E-state index is 0.189. The lowest BCUT2D eigenvalue weighted by Gasteiger charge is -2.37. The van der Waals surface area contributed by atoms with Gasteiger partial charge in [0.1, 0.15) is 5.82 Å². The van der Waals surface area contributed by atoms with Crippen LogP contribution in [0.15, 0.2) is 46.9 Å². The fraction of sp³-hybridized carbons (Fsp3) is 0.294. The lowest BCUT2D eigenvalue weighted by Crippen LogP contribution is -2.39. The van der Waals surface area contributed by atoms with E-state index in [1.807, 2.05) is 6.07 Å². The maximum atomic E-state index is 13.1. The Labute approximate surface area is 137 Å². The molecule has 0 unspecified atom stereocenters. The summed E-state index contributed by atoms with van der Waals surface area (Å²) in [7, 11) is 0. The lowest BCUT2D eigenvalue weighted by molar-refractivity contribution is 0.289. The largest absolute Gasteiger partial charge is 0.310 e. The van der Waals surface area contributed by atoms with Gasteiger partial charge in [0.05, 0.1) is 5.02 Å². The first-order valence-corrected chi connectivity index (χ1v) is 8.22. The molecule has 0 amide bonds. The van der Waals surface area contributed by atoms with E-state index in [1.54, 1.807) is 12.1 Å². The minimum Gasteiger partial charge on any atom is -0.310 e. The number of nitrogens with one attached hydrogen (secondary N) is 1. The van der Waals surface area contributed by atoms with Gasteiger partial charge in [-0.3, -0.25) is 0 Å². The van der Waals surface area contributed by atoms with E-state index in [9.17, 15) is 4.39 Å². The van der Waals surface area contributed by atoms with Crippen LogP contribution in [0.1, 0.15) is 29.9 Å². The average molecular weight is 369 g/mol. The summed E-state index contributed by atoms with van der Waals surface area (Å²) >= 11 is 9.40. The highest BCUT2D eigenvalue weighted by molar-refractivity contribution is 9.10. The zero-order valence-electron chi connectivity index (χ0n) is 11.5. The summed E-state index contributed by atoms with van der Waals surface area (Å²) in [6, 6.07) is 13.8. The van der Waals surface area contributed by atoms with Crippen molar-refractivity contribution in [3.63, 3.8) is 0 Å². The van der Waals surface area contributed by atoms with Crippen molar-refractivity contribution in [2.75, 3.05) is 0 Å². The molecule has 4 heteroatoms. The number of halogens is 3. The second-order valence-electron chi connectivity index (χ2n) is 5.52. The van der Waals surface area contributed by atoms with Crippen LogP contribution in [0, 0.1) is 5.82 Å². The molecule has 3 rings (SSSR count). The van der Waals surface area contributed by atoms with Gasteiger partial charge in [0.25, 0.3) is 0 Å². The molecule has 0 heterocycles. The normalized spacial score (nSPS) is 21.1. The maximum absolute atomic E-state index is 13.1. The fourth-order valence-corrected chi connectivity index (χ4v) is 3.57. The van der Waals surface area contributed by atoms with E-state index in [1.165, 1.54) is 16.1 Å². The van der Waals surface area contributed by atoms with Gasteiger partial charge in [-0.25, -0.2) is 4.39 Å². The summed E-state index contributed by atoms with van der Waals surface area (Å²) in [6.45, 7) is 0.730. The van der Waals surface area contributed by atoms with Crippen LogP contribution in [0.25, 0.3) is 0 Å². The van der Waals surface area contributed by atoms with Gasteiger partial charge in [-0.05, 0) is 48.1 Å². The van der Waals surface area contributed by atoms with Crippen LogP contribution in [-0.2, 0) is 6.54 Å². The van der Waals surface area contributed by atoms with E-state index in [-0.39, 0.29) is 10.8 Å². The van der Waals surface area contributed by atoms with Gasteiger partial charge in [0.2, 0.25) is 0 Å². The number of hydrogen-bond acceptors (Lipinski definition) is 1. The van der Waals surface area contributed by atoms with Crippen molar-refractivity contribution in [2.45, 2.75) is 31.3 Å². The SMILES string of the molecule is Fc1ccc(CNC2CC(c3ccccc3Br)C2)cc1Cl. The Bertz CT molecular complexity index is 640. The summed E-state index contributed by atoms with van der Waals surface area (Å²) in [5, 5.41) is 3.69.